The van der Waals surface area contributed by atoms with Crippen molar-refractivity contribution in [3.05, 3.63) is 0 Å². The van der Waals surface area contributed by atoms with Crippen LogP contribution in [0.1, 0.15) is 66.2 Å². The largest absolute Gasteiger partial charge is 0.510 e. The number of rotatable bonds is 18. The van der Waals surface area contributed by atoms with Gasteiger partial charge in [-0.3, -0.25) is 0 Å². The van der Waals surface area contributed by atoms with Crippen LogP contribution < -0.4 is 0 Å². The Hall–Kier alpha value is -0.0000000000000000208. The second-order valence-corrected chi connectivity index (χ2v) is 10.2. The highest BCUT2D eigenvalue weighted by Gasteiger charge is 2.20. The first-order chi connectivity index (χ1) is 12.7. The summed E-state index contributed by atoms with van der Waals surface area (Å²) in [6.07, 6.45) is 5.15. The van der Waals surface area contributed by atoms with Gasteiger partial charge < -0.3 is 14.9 Å². The van der Waals surface area contributed by atoms with Gasteiger partial charge in [0, 0.05) is 0 Å². The van der Waals surface area contributed by atoms with E-state index in [1.54, 1.807) is 13.8 Å². The predicted octanol–water partition coefficient (Wildman–Crippen LogP) is 4.81. The van der Waals surface area contributed by atoms with Gasteiger partial charge >= 0.3 is 16.1 Å². The Labute approximate surface area is 165 Å². The average molecular weight is 428 g/mol. The molecule has 0 amide bonds. The topological polar surface area (TPSA) is 102 Å². The lowest BCUT2D eigenvalue weighted by molar-refractivity contribution is -0.0478. The number of ether oxygens (including phenoxy) is 1. The van der Waals surface area contributed by atoms with Gasteiger partial charge in [0.2, 0.25) is 13.6 Å². The quantitative estimate of drug-likeness (QED) is 0.183. The summed E-state index contributed by atoms with van der Waals surface area (Å²) < 4.78 is 38.6. The maximum atomic E-state index is 11.7. The maximum absolute atomic E-state index is 11.7. The second-order valence-electron chi connectivity index (χ2n) is 7.47. The van der Waals surface area contributed by atoms with Crippen LogP contribution in [0.3, 0.4) is 0 Å². The molecule has 27 heavy (non-hydrogen) atoms. The highest BCUT2D eigenvalue weighted by atomic mass is 31.1. The summed E-state index contributed by atoms with van der Waals surface area (Å²) in [5, 5.41) is 18.6. The summed E-state index contributed by atoms with van der Waals surface area (Å²) >= 11 is 0. The molecule has 0 fully saturated rings. The molecule has 6 atom stereocenters. The van der Waals surface area contributed by atoms with Crippen LogP contribution in [-0.4, -0.2) is 48.3 Å². The van der Waals surface area contributed by atoms with Crippen LogP contribution in [-0.2, 0) is 22.9 Å². The third-order valence-electron chi connectivity index (χ3n) is 4.12. The van der Waals surface area contributed by atoms with E-state index < -0.39 is 16.1 Å². The second kappa shape index (κ2) is 16.9. The third kappa shape index (κ3) is 19.1. The lowest BCUT2D eigenvalue weighted by atomic mass is 10.00. The third-order valence-corrected chi connectivity index (χ3v) is 6.27. The smallest absolute Gasteiger partial charge is 0.393 e. The van der Waals surface area contributed by atoms with Crippen molar-refractivity contribution in [2.45, 2.75) is 78.4 Å². The standard InChI is InChI=1S/C18H38O7P2/c1-15(11-17(3)19)7-5-9-26(21)24-13-23-14-25-27(22)10-6-8-16(2)12-18(4)20/h15-20H,5-14H2,1-4H3/q+2. The molecule has 6 unspecified atom stereocenters. The van der Waals surface area contributed by atoms with E-state index in [0.29, 0.717) is 24.2 Å². The van der Waals surface area contributed by atoms with Crippen LogP contribution in [0.5, 0.6) is 0 Å². The molecule has 160 valence electrons. The summed E-state index contributed by atoms with van der Waals surface area (Å²) in [5.74, 6) is 0.786. The van der Waals surface area contributed by atoms with Gasteiger partial charge in [-0.05, 0) is 73.3 Å². The zero-order chi connectivity index (χ0) is 20.7. The molecule has 0 aromatic rings. The van der Waals surface area contributed by atoms with E-state index in [2.05, 4.69) is 13.8 Å². The first-order valence-electron chi connectivity index (χ1n) is 9.79. The van der Waals surface area contributed by atoms with Gasteiger partial charge in [-0.15, -0.1) is 9.05 Å². The van der Waals surface area contributed by atoms with E-state index in [9.17, 15) is 19.3 Å². The van der Waals surface area contributed by atoms with E-state index >= 15 is 0 Å². The van der Waals surface area contributed by atoms with Gasteiger partial charge in [0.1, 0.15) is 0 Å². The Morgan fingerprint density at radius 2 is 1.11 bits per heavy atom. The lowest BCUT2D eigenvalue weighted by Crippen LogP contribution is -2.07. The molecule has 0 rings (SSSR count). The molecule has 0 saturated heterocycles. The van der Waals surface area contributed by atoms with Crippen molar-refractivity contribution in [2.24, 2.45) is 11.8 Å². The molecule has 7 nitrogen and oxygen atoms in total. The minimum Gasteiger partial charge on any atom is -0.393 e. The Balaban J connectivity index is 3.53. The van der Waals surface area contributed by atoms with Gasteiger partial charge in [-0.2, -0.15) is 0 Å². The molecular formula is C18H38O7P2+2. The molecule has 0 saturated carbocycles. The predicted molar refractivity (Wildman–Crippen MR) is 107 cm³/mol. The first kappa shape index (κ1) is 27.0. The molecule has 0 aliphatic heterocycles. The molecule has 0 aliphatic carbocycles. The Morgan fingerprint density at radius 1 is 0.741 bits per heavy atom. The average Bonchev–Trinajstić information content (AvgIpc) is 2.53. The van der Waals surface area contributed by atoms with Crippen molar-refractivity contribution in [1.82, 2.24) is 0 Å². The fourth-order valence-corrected chi connectivity index (χ4v) is 4.42. The van der Waals surface area contributed by atoms with Crippen molar-refractivity contribution in [1.29, 1.82) is 0 Å². The van der Waals surface area contributed by atoms with Crippen LogP contribution >= 0.6 is 16.1 Å². The summed E-state index contributed by atoms with van der Waals surface area (Å²) in [6.45, 7) is 7.38. The molecule has 9 heteroatoms. The monoisotopic (exact) mass is 428 g/mol. The van der Waals surface area contributed by atoms with Crippen molar-refractivity contribution >= 4 is 16.1 Å². The first-order valence-corrected chi connectivity index (χ1v) is 12.5. The Morgan fingerprint density at radius 3 is 1.44 bits per heavy atom. The fourth-order valence-electron chi connectivity index (χ4n) is 2.89. The number of hydrogen-bond donors (Lipinski definition) is 2. The van der Waals surface area contributed by atoms with E-state index in [0.717, 1.165) is 38.5 Å². The van der Waals surface area contributed by atoms with Crippen LogP contribution in [0.25, 0.3) is 0 Å². The molecule has 0 aromatic carbocycles. The molecule has 2 N–H and O–H groups in total. The van der Waals surface area contributed by atoms with E-state index in [-0.39, 0.29) is 25.8 Å². The van der Waals surface area contributed by atoms with Gasteiger partial charge in [0.15, 0.2) is 12.3 Å². The van der Waals surface area contributed by atoms with E-state index in [4.69, 9.17) is 13.8 Å². The van der Waals surface area contributed by atoms with E-state index in [1.807, 2.05) is 0 Å². The molecule has 0 radical (unpaired) electrons. The summed E-state index contributed by atoms with van der Waals surface area (Å²) in [7, 11) is -3.55. The number of aliphatic hydroxyl groups excluding tert-OH is 2. The maximum Gasteiger partial charge on any atom is 0.510 e. The van der Waals surface area contributed by atoms with Gasteiger partial charge in [0.25, 0.3) is 0 Å². The number of hydrogen-bond acceptors (Lipinski definition) is 7. The molecule has 0 aliphatic rings. The zero-order valence-electron chi connectivity index (χ0n) is 17.2. The van der Waals surface area contributed by atoms with Crippen molar-refractivity contribution < 1.29 is 33.1 Å². The lowest BCUT2D eigenvalue weighted by Gasteiger charge is -2.11. The molecule has 0 spiro atoms. The number of aliphatic hydroxyl groups is 2. The van der Waals surface area contributed by atoms with Crippen molar-refractivity contribution in [3.63, 3.8) is 0 Å². The minimum absolute atomic E-state index is 0.146. The fraction of sp³-hybridized carbons (Fsp3) is 1.00. The van der Waals surface area contributed by atoms with Gasteiger partial charge in [0.05, 0.1) is 12.2 Å². The van der Waals surface area contributed by atoms with Crippen molar-refractivity contribution in [3.8, 4) is 0 Å². The Bertz CT molecular complexity index is 369. The molecule has 0 bridgehead atoms. The summed E-state index contributed by atoms with van der Waals surface area (Å²) in [4.78, 5) is 0. The zero-order valence-corrected chi connectivity index (χ0v) is 19.0. The minimum atomic E-state index is -1.77. The van der Waals surface area contributed by atoms with Crippen molar-refractivity contribution in [2.75, 3.05) is 25.9 Å². The highest BCUT2D eigenvalue weighted by Crippen LogP contribution is 2.27. The van der Waals surface area contributed by atoms with Crippen LogP contribution in [0.4, 0.5) is 0 Å². The normalized spacial score (nSPS) is 17.3. The van der Waals surface area contributed by atoms with Crippen LogP contribution in [0.2, 0.25) is 0 Å². The van der Waals surface area contributed by atoms with Gasteiger partial charge in [-0.1, -0.05) is 13.8 Å². The molecular weight excluding hydrogens is 390 g/mol. The van der Waals surface area contributed by atoms with E-state index in [1.165, 1.54) is 0 Å². The molecule has 0 aromatic heterocycles. The van der Waals surface area contributed by atoms with Crippen LogP contribution in [0.15, 0.2) is 0 Å². The Kier molecular flexibility index (Phi) is 16.9. The SMILES string of the molecule is CC(O)CC(C)CCC[P+](=O)OCOCO[P+](=O)CCCC(C)CC(C)O. The highest BCUT2D eigenvalue weighted by molar-refractivity contribution is 7.39. The van der Waals surface area contributed by atoms with Crippen LogP contribution in [0, 0.1) is 11.8 Å². The van der Waals surface area contributed by atoms with Gasteiger partial charge in [-0.25, -0.2) is 0 Å². The summed E-state index contributed by atoms with van der Waals surface area (Å²) in [6, 6.07) is 0. The summed E-state index contributed by atoms with van der Waals surface area (Å²) in [5.41, 5.74) is 0. The molecule has 0 heterocycles.